The Morgan fingerprint density at radius 1 is 1.11 bits per heavy atom. The molecule has 0 bridgehead atoms. The highest BCUT2D eigenvalue weighted by Gasteiger charge is 2.33. The van der Waals surface area contributed by atoms with Crippen molar-refractivity contribution in [2.45, 2.75) is 38.8 Å². The minimum atomic E-state index is -4.49. The molecule has 11 heteroatoms. The maximum atomic E-state index is 12.8. The van der Waals surface area contributed by atoms with Gasteiger partial charge in [-0.05, 0) is 79.9 Å². The number of nitrogens with one attached hydrogen (secondary N) is 2. The molecule has 1 aromatic heterocycles. The molecule has 202 valence electrons. The lowest BCUT2D eigenvalue weighted by Gasteiger charge is -2.13. The highest BCUT2D eigenvalue weighted by molar-refractivity contribution is 8.00. The second-order valence-corrected chi connectivity index (χ2v) is 7.76. The van der Waals surface area contributed by atoms with Gasteiger partial charge >= 0.3 is 6.18 Å². The molecule has 0 aliphatic heterocycles. The van der Waals surface area contributed by atoms with Gasteiger partial charge in [0.25, 0.3) is 0 Å². The number of nitrogens with zero attached hydrogens (tertiary/aromatic N) is 1. The molecular formula is C26H30ClF4N3O2S. The van der Waals surface area contributed by atoms with E-state index >= 15 is 0 Å². The zero-order chi connectivity index (χ0) is 28.4. The summed E-state index contributed by atoms with van der Waals surface area (Å²) >= 11 is 6.90. The average Bonchev–Trinajstić information content (AvgIpc) is 2.86. The van der Waals surface area contributed by atoms with E-state index in [-0.39, 0.29) is 11.4 Å². The lowest BCUT2D eigenvalue weighted by atomic mass is 10.2. The molecule has 0 spiro atoms. The molecule has 0 saturated carbocycles. The Labute approximate surface area is 224 Å². The number of aromatic nitrogens is 1. The molecule has 0 atom stereocenters. The van der Waals surface area contributed by atoms with Crippen molar-refractivity contribution in [2.24, 2.45) is 0 Å². The van der Waals surface area contributed by atoms with Gasteiger partial charge in [0.05, 0.1) is 16.9 Å². The first-order valence-electron chi connectivity index (χ1n) is 10.9. The summed E-state index contributed by atoms with van der Waals surface area (Å²) in [4.78, 5) is 13.6. The Balaban J connectivity index is 0.00000145. The Morgan fingerprint density at radius 3 is 2.16 bits per heavy atom. The van der Waals surface area contributed by atoms with Gasteiger partial charge in [0.1, 0.15) is 17.7 Å². The molecule has 2 aromatic carbocycles. The second kappa shape index (κ2) is 18.1. The number of ether oxygens (including phenoxy) is 1. The lowest BCUT2D eigenvalue weighted by Crippen LogP contribution is -2.05. The van der Waals surface area contributed by atoms with Crippen LogP contribution in [0.5, 0.6) is 11.6 Å². The van der Waals surface area contributed by atoms with Crippen molar-refractivity contribution in [1.82, 2.24) is 4.98 Å². The molecule has 0 fully saturated rings. The molecule has 1 heterocycles. The number of pyridine rings is 1. The van der Waals surface area contributed by atoms with Gasteiger partial charge in [0.2, 0.25) is 5.88 Å². The van der Waals surface area contributed by atoms with Crippen LogP contribution in [0.25, 0.3) is 0 Å². The molecule has 0 radical (unpaired) electrons. The Kier molecular flexibility index (Phi) is 16.5. The molecular weight excluding hydrogens is 530 g/mol. The first-order valence-corrected chi connectivity index (χ1v) is 12.1. The zero-order valence-corrected chi connectivity index (χ0v) is 22.7. The molecule has 5 nitrogen and oxygen atoms in total. The van der Waals surface area contributed by atoms with Gasteiger partial charge in [-0.3, -0.25) is 0 Å². The van der Waals surface area contributed by atoms with Crippen molar-refractivity contribution in [1.29, 1.82) is 0 Å². The molecule has 3 rings (SSSR count). The van der Waals surface area contributed by atoms with E-state index in [4.69, 9.17) is 21.1 Å². The van der Waals surface area contributed by atoms with Gasteiger partial charge in [-0.15, -0.1) is 0 Å². The van der Waals surface area contributed by atoms with Gasteiger partial charge in [-0.25, -0.2) is 9.37 Å². The minimum Gasteiger partial charge on any atom is -0.437 e. The molecule has 0 aliphatic rings. The number of aldehydes is 1. The second-order valence-electron chi connectivity index (χ2n) is 6.48. The maximum Gasteiger partial charge on any atom is 0.417 e. The first kappa shape index (κ1) is 33.8. The van der Waals surface area contributed by atoms with Gasteiger partial charge in [0.15, 0.2) is 0 Å². The van der Waals surface area contributed by atoms with E-state index in [9.17, 15) is 17.6 Å². The summed E-state index contributed by atoms with van der Waals surface area (Å²) in [5.74, 6) is 0.948. The van der Waals surface area contributed by atoms with Gasteiger partial charge < -0.3 is 19.6 Å². The topological polar surface area (TPSA) is 63.2 Å². The molecule has 0 saturated heterocycles. The number of aryl methyl sites for hydroxylation is 1. The van der Waals surface area contributed by atoms with Crippen LogP contribution >= 0.6 is 23.5 Å². The highest BCUT2D eigenvalue weighted by Crippen LogP contribution is 2.37. The molecule has 2 N–H and O–H groups in total. The van der Waals surface area contributed by atoms with Gasteiger partial charge in [0, 0.05) is 23.8 Å². The van der Waals surface area contributed by atoms with Crippen LogP contribution in [0.4, 0.5) is 28.9 Å². The number of hydrogen-bond acceptors (Lipinski definition) is 6. The summed E-state index contributed by atoms with van der Waals surface area (Å²) in [7, 11) is 1.82. The normalized spacial score (nSPS) is 9.68. The predicted octanol–water partition coefficient (Wildman–Crippen LogP) is 9.35. The van der Waals surface area contributed by atoms with E-state index in [2.05, 4.69) is 21.6 Å². The number of rotatable bonds is 6. The van der Waals surface area contributed by atoms with Crippen LogP contribution in [-0.4, -0.2) is 18.3 Å². The third-order valence-electron chi connectivity index (χ3n) is 3.87. The number of anilines is 2. The van der Waals surface area contributed by atoms with Crippen molar-refractivity contribution >= 4 is 41.2 Å². The zero-order valence-electron chi connectivity index (χ0n) is 21.1. The summed E-state index contributed by atoms with van der Waals surface area (Å²) in [6.07, 6.45) is -1.82. The van der Waals surface area contributed by atoms with Crippen molar-refractivity contribution in [2.75, 3.05) is 17.1 Å². The number of carbonyl (C=O) groups is 1. The van der Waals surface area contributed by atoms with Crippen LogP contribution < -0.4 is 14.8 Å². The third-order valence-corrected chi connectivity index (χ3v) is 4.99. The molecule has 0 unspecified atom stereocenters. The van der Waals surface area contributed by atoms with E-state index in [1.807, 2.05) is 46.0 Å². The number of hydrogen-bond donors (Lipinski definition) is 2. The first-order chi connectivity index (χ1) is 17.6. The quantitative estimate of drug-likeness (QED) is 0.178. The number of halogens is 5. The molecule has 3 aromatic rings. The molecule has 0 amide bonds. The third kappa shape index (κ3) is 12.5. The monoisotopic (exact) mass is 559 g/mol. The minimum absolute atomic E-state index is 0.250. The largest absolute Gasteiger partial charge is 0.437 e. The summed E-state index contributed by atoms with van der Waals surface area (Å²) in [5, 5.41) is 2.67. The lowest BCUT2D eigenvalue weighted by molar-refractivity contribution is -0.137. The van der Waals surface area contributed by atoms with Crippen molar-refractivity contribution in [3.63, 3.8) is 0 Å². The predicted molar refractivity (Wildman–Crippen MR) is 145 cm³/mol. The van der Waals surface area contributed by atoms with Crippen molar-refractivity contribution in [3.05, 3.63) is 83.8 Å². The standard InChI is InChI=1S/C20H17ClF3N3OS.C2H3F.C2H4O.C2H6/c1-12-9-18(19(26-11-12)28-14-5-3-13(25-2)4-6-14)27-29-15-7-8-16(17(21)10-15)20(22,23)24;2*1-2-3;1-2/h3-11,25,27H,1-2H3;2H,1H2;2H,1H3;1-2H3. The van der Waals surface area contributed by atoms with Crippen LogP contribution in [0.15, 0.2) is 72.5 Å². The Hall–Kier alpha value is -3.24. The molecule has 37 heavy (non-hydrogen) atoms. The average molecular weight is 560 g/mol. The van der Waals surface area contributed by atoms with Crippen molar-refractivity contribution in [3.8, 4) is 11.6 Å². The maximum absolute atomic E-state index is 12.8. The van der Waals surface area contributed by atoms with Crippen molar-refractivity contribution < 1.29 is 27.1 Å². The van der Waals surface area contributed by atoms with Gasteiger partial charge in [-0.2, -0.15) is 13.2 Å². The van der Waals surface area contributed by atoms with Gasteiger partial charge in [-0.1, -0.05) is 32.0 Å². The SMILES string of the molecule is C=CF.CC.CC=O.CNc1ccc(Oc2ncc(C)cc2NSc2ccc(C(F)(F)F)c(Cl)c2)cc1. The Morgan fingerprint density at radius 2 is 1.68 bits per heavy atom. The van der Waals surface area contributed by atoms with E-state index in [0.29, 0.717) is 22.2 Å². The summed E-state index contributed by atoms with van der Waals surface area (Å²) in [6, 6.07) is 12.8. The number of carbonyl (C=O) groups excluding carboxylic acids is 1. The number of alkyl halides is 3. The van der Waals surface area contributed by atoms with E-state index in [1.165, 1.54) is 19.1 Å². The van der Waals surface area contributed by atoms with Crippen LogP contribution in [0.1, 0.15) is 31.9 Å². The fraction of sp³-hybridized carbons (Fsp3) is 0.231. The van der Waals surface area contributed by atoms with E-state index < -0.39 is 11.7 Å². The summed E-state index contributed by atoms with van der Waals surface area (Å²) in [5.41, 5.74) is 1.57. The van der Waals surface area contributed by atoms with Crippen LogP contribution in [0, 0.1) is 6.92 Å². The molecule has 0 aliphatic carbocycles. The Bertz CT molecular complexity index is 1090. The fourth-order valence-electron chi connectivity index (χ4n) is 2.42. The smallest absolute Gasteiger partial charge is 0.417 e. The highest BCUT2D eigenvalue weighted by atomic mass is 35.5. The van der Waals surface area contributed by atoms with Crippen LogP contribution in [0.3, 0.4) is 0 Å². The van der Waals surface area contributed by atoms with E-state index in [0.717, 1.165) is 35.6 Å². The fourth-order valence-corrected chi connectivity index (χ4v) is 3.45. The summed E-state index contributed by atoms with van der Waals surface area (Å²) in [6.45, 7) is 10.0. The number of benzene rings is 2. The van der Waals surface area contributed by atoms with Crippen LogP contribution in [-0.2, 0) is 11.0 Å². The van der Waals surface area contributed by atoms with Crippen LogP contribution in [0.2, 0.25) is 5.02 Å². The summed E-state index contributed by atoms with van der Waals surface area (Å²) < 4.78 is 57.5. The van der Waals surface area contributed by atoms with E-state index in [1.54, 1.807) is 18.3 Å².